The van der Waals surface area contributed by atoms with Gasteiger partial charge in [0.15, 0.2) is 0 Å². The normalized spacial score (nSPS) is 42.0. The van der Waals surface area contributed by atoms with E-state index in [9.17, 15) is 0 Å². The monoisotopic (exact) mass is 224 g/mol. The molecule has 0 radical (unpaired) electrons. The van der Waals surface area contributed by atoms with Crippen molar-refractivity contribution < 1.29 is 0 Å². The lowest BCUT2D eigenvalue weighted by Crippen LogP contribution is -2.38. The lowest BCUT2D eigenvalue weighted by atomic mass is 9.58. The number of rotatable bonds is 0. The Balaban J connectivity index is 0.000000640. The smallest absolute Gasteiger partial charge is 0.0355 e. The van der Waals surface area contributed by atoms with Crippen molar-refractivity contribution in [1.29, 1.82) is 0 Å². The van der Waals surface area contributed by atoms with Gasteiger partial charge in [-0.25, -0.2) is 0 Å². The molecule has 3 saturated carbocycles. The average molecular weight is 224 g/mol. The van der Waals surface area contributed by atoms with Gasteiger partial charge in [-0.2, -0.15) is 0 Å². The quantitative estimate of drug-likeness (QED) is 0.497. The number of hydrogen-bond donors (Lipinski definition) is 0. The summed E-state index contributed by atoms with van der Waals surface area (Å²) >= 11 is 0. The molecule has 0 heterocycles. The molecule has 16 heavy (non-hydrogen) atoms. The van der Waals surface area contributed by atoms with Gasteiger partial charge in [-0.15, -0.1) is 0 Å². The maximum atomic E-state index is 1.59. The largest absolute Gasteiger partial charge is 0.0776 e. The second-order valence-electron chi connectivity index (χ2n) is 5.99. The second kappa shape index (κ2) is 6.07. The Labute approximate surface area is 103 Å². The highest BCUT2D eigenvalue weighted by atomic mass is 14.5. The molecule has 3 rings (SSSR count). The lowest BCUT2D eigenvalue weighted by molar-refractivity contribution is 0.0278. The Hall–Kier alpha value is 0. The summed E-state index contributed by atoms with van der Waals surface area (Å²) in [5, 5.41) is 0. The van der Waals surface area contributed by atoms with Crippen molar-refractivity contribution in [3.63, 3.8) is 0 Å². The van der Waals surface area contributed by atoms with Crippen LogP contribution in [0.25, 0.3) is 0 Å². The zero-order chi connectivity index (χ0) is 9.38. The summed E-state index contributed by atoms with van der Waals surface area (Å²) in [6.45, 7) is 0. The van der Waals surface area contributed by atoms with Crippen LogP contribution in [-0.2, 0) is 0 Å². The maximum absolute atomic E-state index is 1.59. The van der Waals surface area contributed by atoms with Crippen LogP contribution in [0.2, 0.25) is 0 Å². The van der Waals surface area contributed by atoms with Gasteiger partial charge in [0.1, 0.15) is 0 Å². The van der Waals surface area contributed by atoms with Crippen LogP contribution in [0.5, 0.6) is 0 Å². The molecule has 0 aromatic rings. The highest BCUT2D eigenvalue weighted by Gasteiger charge is 2.40. The Kier molecular flexibility index (Phi) is 5.34. The molecule has 0 bridgehead atoms. The fourth-order valence-electron chi connectivity index (χ4n) is 4.74. The minimum atomic E-state index is 0. The van der Waals surface area contributed by atoms with Crippen molar-refractivity contribution in [3.05, 3.63) is 0 Å². The van der Waals surface area contributed by atoms with Gasteiger partial charge in [-0.1, -0.05) is 53.4 Å². The van der Waals surface area contributed by atoms with Gasteiger partial charge in [0.25, 0.3) is 0 Å². The molecule has 0 heteroatoms. The average Bonchev–Trinajstić information content (AvgIpc) is 2.29. The van der Waals surface area contributed by atoms with Crippen LogP contribution in [0.3, 0.4) is 0 Å². The van der Waals surface area contributed by atoms with Crippen LogP contribution in [0, 0.1) is 23.7 Å². The molecule has 0 aromatic heterocycles. The van der Waals surface area contributed by atoms with Crippen molar-refractivity contribution in [2.24, 2.45) is 23.7 Å². The van der Waals surface area contributed by atoms with Gasteiger partial charge in [0.05, 0.1) is 0 Å². The molecule has 0 amide bonds. The van der Waals surface area contributed by atoms with Gasteiger partial charge in [-0.3, -0.25) is 0 Å². The van der Waals surface area contributed by atoms with E-state index in [1.807, 2.05) is 0 Å². The molecule has 3 aliphatic carbocycles. The topological polar surface area (TPSA) is 0 Å². The molecule has 4 unspecified atom stereocenters. The summed E-state index contributed by atoms with van der Waals surface area (Å²) in [4.78, 5) is 0. The van der Waals surface area contributed by atoms with Gasteiger partial charge in [-0.05, 0) is 49.4 Å². The van der Waals surface area contributed by atoms with Gasteiger partial charge in [0, 0.05) is 0 Å². The van der Waals surface area contributed by atoms with Gasteiger partial charge in [0.2, 0.25) is 0 Å². The van der Waals surface area contributed by atoms with E-state index in [2.05, 4.69) is 0 Å². The third-order valence-electron chi connectivity index (χ3n) is 5.39. The van der Waals surface area contributed by atoms with E-state index in [0.717, 1.165) is 11.8 Å². The Bertz CT molecular complexity index is 174. The SMILES string of the molecule is C.C.C1CCC2C(C1)CCC1CCCCC12. The molecule has 3 fully saturated rings. The zero-order valence-electron chi connectivity index (χ0n) is 9.38. The summed E-state index contributed by atoms with van der Waals surface area (Å²) in [5.74, 6) is 4.65. The predicted molar refractivity (Wildman–Crippen MR) is 73.6 cm³/mol. The van der Waals surface area contributed by atoms with Crippen molar-refractivity contribution in [1.82, 2.24) is 0 Å². The van der Waals surface area contributed by atoms with Crippen LogP contribution in [-0.4, -0.2) is 0 Å². The van der Waals surface area contributed by atoms with Crippen LogP contribution in [0.4, 0.5) is 0 Å². The van der Waals surface area contributed by atoms with Crippen molar-refractivity contribution in [2.45, 2.75) is 79.1 Å². The van der Waals surface area contributed by atoms with E-state index < -0.39 is 0 Å². The first kappa shape index (κ1) is 14.1. The van der Waals surface area contributed by atoms with E-state index in [1.165, 1.54) is 11.8 Å². The predicted octanol–water partition coefficient (Wildman–Crippen LogP) is 5.67. The number of fused-ring (bicyclic) bond motifs is 3. The molecule has 0 saturated heterocycles. The van der Waals surface area contributed by atoms with Crippen LogP contribution in [0.15, 0.2) is 0 Å². The van der Waals surface area contributed by atoms with Crippen LogP contribution < -0.4 is 0 Å². The molecule has 0 spiro atoms. The van der Waals surface area contributed by atoms with Gasteiger partial charge >= 0.3 is 0 Å². The Morgan fingerprint density at radius 3 is 1.25 bits per heavy atom. The molecular formula is C16H32. The van der Waals surface area contributed by atoms with E-state index >= 15 is 0 Å². The molecule has 3 aliphatic rings. The molecular weight excluding hydrogens is 192 g/mol. The van der Waals surface area contributed by atoms with Crippen molar-refractivity contribution >= 4 is 0 Å². The summed E-state index contributed by atoms with van der Waals surface area (Å²) in [5.41, 5.74) is 0. The highest BCUT2D eigenvalue weighted by Crippen LogP contribution is 2.51. The standard InChI is InChI=1S/C14H24.2CH4/c1-3-7-13-11(5-1)9-10-12-6-2-4-8-14(12)13;;/h11-14H,1-10H2;2*1H4. The first-order chi connectivity index (χ1) is 6.95. The molecule has 0 aromatic carbocycles. The third-order valence-corrected chi connectivity index (χ3v) is 5.39. The van der Waals surface area contributed by atoms with E-state index in [1.54, 1.807) is 64.2 Å². The van der Waals surface area contributed by atoms with E-state index in [0.29, 0.717) is 0 Å². The van der Waals surface area contributed by atoms with Crippen molar-refractivity contribution in [2.75, 3.05) is 0 Å². The number of hydrogen-bond acceptors (Lipinski definition) is 0. The fourth-order valence-corrected chi connectivity index (χ4v) is 4.74. The van der Waals surface area contributed by atoms with Crippen LogP contribution in [0.1, 0.15) is 79.1 Å². The zero-order valence-corrected chi connectivity index (χ0v) is 9.38. The second-order valence-corrected chi connectivity index (χ2v) is 5.99. The first-order valence-electron chi connectivity index (χ1n) is 6.95. The lowest BCUT2D eigenvalue weighted by Gasteiger charge is -2.48. The first-order valence-corrected chi connectivity index (χ1v) is 6.95. The molecule has 0 N–H and O–H groups in total. The minimum absolute atomic E-state index is 0. The Morgan fingerprint density at radius 1 is 0.438 bits per heavy atom. The van der Waals surface area contributed by atoms with E-state index in [-0.39, 0.29) is 14.9 Å². The fraction of sp³-hybridized carbons (Fsp3) is 1.00. The minimum Gasteiger partial charge on any atom is -0.0776 e. The molecule has 96 valence electrons. The Morgan fingerprint density at radius 2 is 0.812 bits per heavy atom. The van der Waals surface area contributed by atoms with Gasteiger partial charge < -0.3 is 0 Å². The molecule has 0 aliphatic heterocycles. The summed E-state index contributed by atoms with van der Waals surface area (Å²) < 4.78 is 0. The van der Waals surface area contributed by atoms with Crippen LogP contribution >= 0.6 is 0 Å². The molecule has 0 nitrogen and oxygen atoms in total. The maximum Gasteiger partial charge on any atom is -0.0355 e. The highest BCUT2D eigenvalue weighted by molar-refractivity contribution is 4.91. The third kappa shape index (κ3) is 2.46. The van der Waals surface area contributed by atoms with E-state index in [4.69, 9.17) is 0 Å². The summed E-state index contributed by atoms with van der Waals surface area (Å²) in [6, 6.07) is 0. The molecule has 4 atom stereocenters. The summed E-state index contributed by atoms with van der Waals surface area (Å²) in [6.07, 6.45) is 15.7. The summed E-state index contributed by atoms with van der Waals surface area (Å²) in [7, 11) is 0. The van der Waals surface area contributed by atoms with Crippen molar-refractivity contribution in [3.8, 4) is 0 Å².